The summed E-state index contributed by atoms with van der Waals surface area (Å²) in [5.74, 6) is -0.0259. The van der Waals surface area contributed by atoms with Crippen molar-refractivity contribution in [3.63, 3.8) is 0 Å². The number of aryl methyl sites for hydroxylation is 1. The highest BCUT2D eigenvalue weighted by Gasteiger charge is 2.17. The Balaban J connectivity index is 1.50. The van der Waals surface area contributed by atoms with Crippen LogP contribution in [0.15, 0.2) is 54.6 Å². The summed E-state index contributed by atoms with van der Waals surface area (Å²) in [5, 5.41) is 12.4. The van der Waals surface area contributed by atoms with E-state index in [0.717, 1.165) is 5.75 Å². The predicted octanol–water partition coefficient (Wildman–Crippen LogP) is 4.93. The Morgan fingerprint density at radius 2 is 1.93 bits per heavy atom. The molecule has 0 bridgehead atoms. The topological polar surface area (TPSA) is 77.0 Å². The molecule has 1 atom stereocenters. The lowest BCUT2D eigenvalue weighted by Gasteiger charge is -2.11. The van der Waals surface area contributed by atoms with Gasteiger partial charge in [0.2, 0.25) is 5.13 Å². The van der Waals surface area contributed by atoms with Crippen LogP contribution >= 0.6 is 11.3 Å². The molecule has 146 valence electrons. The number of hydrogen-bond donors (Lipinski definition) is 1. The Morgan fingerprint density at radius 1 is 1.14 bits per heavy atom. The predicted molar refractivity (Wildman–Crippen MR) is 110 cm³/mol. The molecular weight excluding hydrogens is 391 g/mol. The zero-order valence-corrected chi connectivity index (χ0v) is 16.5. The van der Waals surface area contributed by atoms with Crippen LogP contribution in [-0.2, 0) is 0 Å². The van der Waals surface area contributed by atoms with Crippen molar-refractivity contribution in [2.45, 2.75) is 20.0 Å². The number of halogens is 1. The van der Waals surface area contributed by atoms with Crippen LogP contribution in [-0.4, -0.2) is 21.1 Å². The van der Waals surface area contributed by atoms with E-state index in [0.29, 0.717) is 32.3 Å². The van der Waals surface area contributed by atoms with Crippen molar-refractivity contribution in [3.05, 3.63) is 76.7 Å². The van der Waals surface area contributed by atoms with E-state index < -0.39 is 0 Å². The molecule has 0 aliphatic rings. The van der Waals surface area contributed by atoms with Crippen LogP contribution in [0.3, 0.4) is 0 Å². The van der Waals surface area contributed by atoms with Crippen LogP contribution in [0, 0.1) is 12.7 Å². The highest BCUT2D eigenvalue weighted by molar-refractivity contribution is 7.15. The molecule has 1 N–H and O–H groups in total. The Morgan fingerprint density at radius 3 is 2.72 bits per heavy atom. The van der Waals surface area contributed by atoms with Crippen molar-refractivity contribution in [2.24, 2.45) is 0 Å². The van der Waals surface area contributed by atoms with Crippen molar-refractivity contribution < 1.29 is 13.9 Å². The first-order valence-electron chi connectivity index (χ1n) is 8.93. The van der Waals surface area contributed by atoms with Gasteiger partial charge in [-0.05, 0) is 50.2 Å². The third kappa shape index (κ3) is 4.22. The summed E-state index contributed by atoms with van der Waals surface area (Å²) >= 11 is 1.24. The van der Waals surface area contributed by atoms with Gasteiger partial charge in [0.05, 0.1) is 16.8 Å². The number of carbonyl (C=O) groups is 1. The minimum Gasteiger partial charge on any atom is -0.483 e. The summed E-state index contributed by atoms with van der Waals surface area (Å²) in [6, 6.07) is 15.3. The molecule has 0 saturated carbocycles. The van der Waals surface area contributed by atoms with Gasteiger partial charge in [0.1, 0.15) is 17.7 Å². The summed E-state index contributed by atoms with van der Waals surface area (Å²) in [6.07, 6.45) is -0.312. The van der Waals surface area contributed by atoms with Crippen LogP contribution in [0.1, 0.15) is 34.1 Å². The molecule has 2 aromatic carbocycles. The number of nitrogens with zero attached hydrogens (tertiary/aromatic N) is 3. The highest BCUT2D eigenvalue weighted by atomic mass is 32.1. The number of amides is 1. The van der Waals surface area contributed by atoms with E-state index in [4.69, 9.17) is 4.74 Å². The van der Waals surface area contributed by atoms with Gasteiger partial charge in [-0.2, -0.15) is 0 Å². The van der Waals surface area contributed by atoms with Gasteiger partial charge < -0.3 is 4.74 Å². The number of benzene rings is 2. The minimum atomic E-state index is -0.379. The minimum absolute atomic E-state index is 0.312. The number of rotatable bonds is 5. The smallest absolute Gasteiger partial charge is 0.259 e. The standard InChI is InChI=1S/C21H17FN4O2S/c1-12-17(11-14-10-15(22)8-9-18(14)23-12)19(27)24-21-26-25-20(29-21)13(2)28-16-6-4-3-5-7-16/h3-11,13H,1-2H3,(H,24,26,27). The average Bonchev–Trinajstić information content (AvgIpc) is 3.17. The molecule has 0 fully saturated rings. The molecule has 1 amide bonds. The number of para-hydroxylation sites is 1. The third-order valence-corrected chi connectivity index (χ3v) is 5.28. The van der Waals surface area contributed by atoms with Gasteiger partial charge >= 0.3 is 0 Å². The molecule has 0 aliphatic carbocycles. The second-order valence-electron chi connectivity index (χ2n) is 6.43. The normalized spacial score (nSPS) is 12.0. The molecule has 1 unspecified atom stereocenters. The van der Waals surface area contributed by atoms with Gasteiger partial charge in [0, 0.05) is 5.39 Å². The number of pyridine rings is 1. The molecule has 0 spiro atoms. The lowest BCUT2D eigenvalue weighted by atomic mass is 10.1. The molecule has 4 rings (SSSR count). The Hall–Kier alpha value is -3.39. The number of ether oxygens (including phenoxy) is 1. The summed E-state index contributed by atoms with van der Waals surface area (Å²) in [7, 11) is 0. The first-order chi connectivity index (χ1) is 14.0. The number of carbonyl (C=O) groups excluding carboxylic acids is 1. The van der Waals surface area contributed by atoms with E-state index in [2.05, 4.69) is 20.5 Å². The molecule has 0 aliphatic heterocycles. The number of hydrogen-bond acceptors (Lipinski definition) is 6. The number of fused-ring (bicyclic) bond motifs is 1. The van der Waals surface area contributed by atoms with Crippen LogP contribution < -0.4 is 10.1 Å². The molecule has 2 aromatic heterocycles. The van der Waals surface area contributed by atoms with Crippen molar-refractivity contribution in [2.75, 3.05) is 5.32 Å². The maximum atomic E-state index is 13.5. The lowest BCUT2D eigenvalue weighted by Crippen LogP contribution is -2.14. The van der Waals surface area contributed by atoms with E-state index in [1.165, 1.54) is 23.5 Å². The summed E-state index contributed by atoms with van der Waals surface area (Å²) in [5.41, 5.74) is 1.53. The quantitative estimate of drug-likeness (QED) is 0.507. The summed E-state index contributed by atoms with van der Waals surface area (Å²) < 4.78 is 19.3. The fraction of sp³-hybridized carbons (Fsp3) is 0.143. The fourth-order valence-corrected chi connectivity index (χ4v) is 3.56. The first-order valence-corrected chi connectivity index (χ1v) is 9.74. The van der Waals surface area contributed by atoms with Gasteiger partial charge in [-0.3, -0.25) is 15.1 Å². The monoisotopic (exact) mass is 408 g/mol. The molecule has 4 aromatic rings. The summed E-state index contributed by atoms with van der Waals surface area (Å²) in [4.78, 5) is 17.1. The second kappa shape index (κ2) is 7.92. The lowest BCUT2D eigenvalue weighted by molar-refractivity contribution is 0.102. The van der Waals surface area contributed by atoms with E-state index >= 15 is 0 Å². The molecule has 6 nitrogen and oxygen atoms in total. The van der Waals surface area contributed by atoms with Gasteiger partial charge in [-0.15, -0.1) is 10.2 Å². The van der Waals surface area contributed by atoms with Crippen molar-refractivity contribution in [3.8, 4) is 5.75 Å². The van der Waals surface area contributed by atoms with Crippen LogP contribution in [0.4, 0.5) is 9.52 Å². The summed E-state index contributed by atoms with van der Waals surface area (Å²) in [6.45, 7) is 3.60. The third-order valence-electron chi connectivity index (χ3n) is 4.28. The zero-order chi connectivity index (χ0) is 20.4. The van der Waals surface area contributed by atoms with Gasteiger partial charge in [-0.1, -0.05) is 29.5 Å². The molecule has 0 radical (unpaired) electrons. The molecule has 8 heteroatoms. The maximum absolute atomic E-state index is 13.5. The van der Waals surface area contributed by atoms with Gasteiger partial charge in [0.25, 0.3) is 5.91 Å². The second-order valence-corrected chi connectivity index (χ2v) is 7.44. The van der Waals surface area contributed by atoms with E-state index in [1.807, 2.05) is 37.3 Å². The van der Waals surface area contributed by atoms with Crippen molar-refractivity contribution in [1.82, 2.24) is 15.2 Å². The van der Waals surface area contributed by atoms with Crippen LogP contribution in [0.2, 0.25) is 0 Å². The van der Waals surface area contributed by atoms with Crippen molar-refractivity contribution in [1.29, 1.82) is 0 Å². The SMILES string of the molecule is Cc1nc2ccc(F)cc2cc1C(=O)Nc1nnc(C(C)Oc2ccccc2)s1. The van der Waals surface area contributed by atoms with Crippen LogP contribution in [0.25, 0.3) is 10.9 Å². The molecule has 29 heavy (non-hydrogen) atoms. The van der Waals surface area contributed by atoms with Gasteiger partial charge in [0.15, 0.2) is 5.01 Å². The molecule has 2 heterocycles. The molecule has 0 saturated heterocycles. The van der Waals surface area contributed by atoms with E-state index in [9.17, 15) is 9.18 Å². The van der Waals surface area contributed by atoms with Crippen LogP contribution in [0.5, 0.6) is 5.75 Å². The largest absolute Gasteiger partial charge is 0.483 e. The number of anilines is 1. The first kappa shape index (κ1) is 18.9. The highest BCUT2D eigenvalue weighted by Crippen LogP contribution is 2.27. The number of aromatic nitrogens is 3. The Bertz CT molecular complexity index is 1180. The van der Waals surface area contributed by atoms with Crippen molar-refractivity contribution >= 4 is 33.3 Å². The zero-order valence-electron chi connectivity index (χ0n) is 15.7. The fourth-order valence-electron chi connectivity index (χ4n) is 2.84. The average molecular weight is 408 g/mol. The van der Waals surface area contributed by atoms with Gasteiger partial charge in [-0.25, -0.2) is 4.39 Å². The maximum Gasteiger partial charge on any atom is 0.259 e. The van der Waals surface area contributed by atoms with E-state index in [1.54, 1.807) is 19.1 Å². The molecular formula is C21H17FN4O2S. The number of nitrogens with one attached hydrogen (secondary N) is 1. The van der Waals surface area contributed by atoms with E-state index in [-0.39, 0.29) is 17.8 Å². The Kier molecular flexibility index (Phi) is 5.18. The Labute approximate surface area is 170 Å².